The third-order valence-electron chi connectivity index (χ3n) is 4.03. The lowest BCUT2D eigenvalue weighted by molar-refractivity contribution is 0.330. The maximum atomic E-state index is 5.99. The molecule has 0 bridgehead atoms. The van der Waals surface area contributed by atoms with Crippen LogP contribution >= 0.6 is 0 Å². The van der Waals surface area contributed by atoms with Crippen LogP contribution in [0.15, 0.2) is 84.9 Å². The van der Waals surface area contributed by atoms with Crippen LogP contribution in [0.2, 0.25) is 0 Å². The van der Waals surface area contributed by atoms with Crippen molar-refractivity contribution >= 4 is 36.5 Å². The van der Waals surface area contributed by atoms with Crippen molar-refractivity contribution in [2.75, 3.05) is 0 Å². The molecule has 23 heavy (non-hydrogen) atoms. The van der Waals surface area contributed by atoms with Crippen molar-refractivity contribution < 1.29 is 4.43 Å². The minimum Gasteiger partial charge on any atom is -0.407 e. The van der Waals surface area contributed by atoms with Gasteiger partial charge in [-0.15, -0.1) is 0 Å². The predicted octanol–water partition coefficient (Wildman–Crippen LogP) is 4.45. The third kappa shape index (κ3) is 2.91. The first-order chi connectivity index (χ1) is 11.4. The zero-order valence-electron chi connectivity index (χ0n) is 12.7. The molecule has 0 fully saturated rings. The molecule has 0 aromatic heterocycles. The molecule has 0 heterocycles. The van der Waals surface area contributed by atoms with Crippen molar-refractivity contribution in [3.05, 3.63) is 90.5 Å². The second-order valence-electron chi connectivity index (χ2n) is 5.57. The molecule has 0 amide bonds. The second kappa shape index (κ2) is 6.37. The summed E-state index contributed by atoms with van der Waals surface area (Å²) in [6.07, 6.45) is 0. The lowest BCUT2D eigenvalue weighted by Crippen LogP contribution is -2.18. The van der Waals surface area contributed by atoms with E-state index in [0.29, 0.717) is 16.4 Å². The lowest BCUT2D eigenvalue weighted by atomic mass is 10.0. The van der Waals surface area contributed by atoms with Crippen LogP contribution in [0.5, 0.6) is 0 Å². The summed E-state index contributed by atoms with van der Waals surface area (Å²) >= 11 is 0. The molecular formula is C21H16OSi. The van der Waals surface area contributed by atoms with Crippen molar-refractivity contribution in [2.45, 2.75) is 6.61 Å². The van der Waals surface area contributed by atoms with Crippen LogP contribution in [0, 0.1) is 0 Å². The summed E-state index contributed by atoms with van der Waals surface area (Å²) in [5, 5.41) is 6.45. The Labute approximate surface area is 138 Å². The molecule has 4 aromatic carbocycles. The maximum Gasteiger partial charge on any atom is 0.269 e. The first-order valence-electron chi connectivity index (χ1n) is 7.74. The molecule has 0 aliphatic carbocycles. The van der Waals surface area contributed by atoms with Gasteiger partial charge in [0.25, 0.3) is 9.76 Å². The number of fused-ring (bicyclic) bond motifs is 3. The summed E-state index contributed by atoms with van der Waals surface area (Å²) in [5.74, 6) is 0. The number of hydrogen-bond donors (Lipinski definition) is 0. The summed E-state index contributed by atoms with van der Waals surface area (Å²) in [7, 11) is 0.347. The summed E-state index contributed by atoms with van der Waals surface area (Å²) in [6.45, 7) is 0.653. The number of hydrogen-bond acceptors (Lipinski definition) is 1. The summed E-state index contributed by atoms with van der Waals surface area (Å²) < 4.78 is 5.99. The van der Waals surface area contributed by atoms with E-state index in [-0.39, 0.29) is 0 Å². The molecule has 1 nitrogen and oxygen atoms in total. The minimum atomic E-state index is 0.347. The van der Waals surface area contributed by atoms with Gasteiger partial charge >= 0.3 is 0 Å². The molecule has 0 aliphatic heterocycles. The van der Waals surface area contributed by atoms with E-state index >= 15 is 0 Å². The minimum absolute atomic E-state index is 0.347. The highest BCUT2D eigenvalue weighted by Gasteiger charge is 2.07. The van der Waals surface area contributed by atoms with E-state index in [0.717, 1.165) is 0 Å². The van der Waals surface area contributed by atoms with E-state index < -0.39 is 0 Å². The van der Waals surface area contributed by atoms with E-state index in [9.17, 15) is 0 Å². The van der Waals surface area contributed by atoms with Crippen molar-refractivity contribution in [1.29, 1.82) is 0 Å². The van der Waals surface area contributed by atoms with Gasteiger partial charge in [0.2, 0.25) is 0 Å². The number of benzene rings is 4. The van der Waals surface area contributed by atoms with E-state index in [1.807, 2.05) is 18.2 Å². The smallest absolute Gasteiger partial charge is 0.269 e. The largest absolute Gasteiger partial charge is 0.407 e. The van der Waals surface area contributed by atoms with E-state index in [1.54, 1.807) is 0 Å². The van der Waals surface area contributed by atoms with Gasteiger partial charge in [0, 0.05) is 0 Å². The van der Waals surface area contributed by atoms with Gasteiger partial charge in [0.1, 0.15) is 0 Å². The average molecular weight is 312 g/mol. The fourth-order valence-corrected chi connectivity index (χ4v) is 3.85. The van der Waals surface area contributed by atoms with Gasteiger partial charge in [-0.05, 0) is 32.3 Å². The lowest BCUT2D eigenvalue weighted by Gasteiger charge is -2.10. The van der Waals surface area contributed by atoms with Gasteiger partial charge in [0.15, 0.2) is 0 Å². The van der Waals surface area contributed by atoms with Crippen LogP contribution in [0.4, 0.5) is 0 Å². The fraction of sp³-hybridized carbons (Fsp3) is 0.0476. The first kappa shape index (κ1) is 14.2. The van der Waals surface area contributed by atoms with Crippen LogP contribution in [0.25, 0.3) is 21.5 Å². The molecule has 0 atom stereocenters. The van der Waals surface area contributed by atoms with Crippen molar-refractivity contribution in [1.82, 2.24) is 0 Å². The Bertz CT molecular complexity index is 947. The SMILES string of the molecule is c1ccc(CO[Si]c2cc3ccccc3c3ccccc23)cc1. The molecule has 0 aliphatic rings. The maximum absolute atomic E-state index is 5.99. The van der Waals surface area contributed by atoms with Gasteiger partial charge in [0.05, 0.1) is 6.61 Å². The van der Waals surface area contributed by atoms with Crippen LogP contribution in [0.3, 0.4) is 0 Å². The van der Waals surface area contributed by atoms with E-state index in [4.69, 9.17) is 4.43 Å². The van der Waals surface area contributed by atoms with Gasteiger partial charge < -0.3 is 4.43 Å². The first-order valence-corrected chi connectivity index (χ1v) is 8.65. The number of rotatable bonds is 4. The quantitative estimate of drug-likeness (QED) is 0.399. The zero-order chi connectivity index (χ0) is 15.5. The average Bonchev–Trinajstić information content (AvgIpc) is 2.63. The monoisotopic (exact) mass is 312 g/mol. The predicted molar refractivity (Wildman–Crippen MR) is 98.1 cm³/mol. The van der Waals surface area contributed by atoms with Crippen molar-refractivity contribution in [3.8, 4) is 0 Å². The van der Waals surface area contributed by atoms with Gasteiger partial charge in [-0.3, -0.25) is 0 Å². The highest BCUT2D eigenvalue weighted by atomic mass is 28.2. The molecule has 110 valence electrons. The Morgan fingerprint density at radius 3 is 2.13 bits per heavy atom. The highest BCUT2D eigenvalue weighted by molar-refractivity contribution is 6.52. The second-order valence-corrected chi connectivity index (χ2v) is 6.60. The fourth-order valence-electron chi connectivity index (χ4n) is 2.91. The zero-order valence-corrected chi connectivity index (χ0v) is 13.7. The normalized spacial score (nSPS) is 11.1. The van der Waals surface area contributed by atoms with E-state index in [2.05, 4.69) is 66.7 Å². The Kier molecular flexibility index (Phi) is 3.93. The van der Waals surface area contributed by atoms with Crippen LogP contribution in [0.1, 0.15) is 5.56 Å². The summed E-state index contributed by atoms with van der Waals surface area (Å²) in [5.41, 5.74) is 1.21. The van der Waals surface area contributed by atoms with E-state index in [1.165, 1.54) is 32.3 Å². The molecule has 0 saturated heterocycles. The summed E-state index contributed by atoms with van der Waals surface area (Å²) in [4.78, 5) is 0. The standard InChI is InChI=1S/C21H16OSi/c1-2-8-16(9-3-1)15-22-23-21-14-17-10-4-5-11-18(17)19-12-6-7-13-20(19)21/h1-14H,15H2. The molecule has 2 heteroatoms. The molecule has 4 rings (SSSR count). The molecule has 4 aromatic rings. The molecule has 2 radical (unpaired) electrons. The van der Waals surface area contributed by atoms with Crippen molar-refractivity contribution in [3.63, 3.8) is 0 Å². The van der Waals surface area contributed by atoms with Gasteiger partial charge in [-0.2, -0.15) is 0 Å². The molecule has 0 unspecified atom stereocenters. The Hall–Kier alpha value is -2.42. The van der Waals surface area contributed by atoms with Crippen LogP contribution < -0.4 is 5.19 Å². The van der Waals surface area contributed by atoms with Gasteiger partial charge in [-0.1, -0.05) is 84.9 Å². The van der Waals surface area contributed by atoms with Gasteiger partial charge in [-0.25, -0.2) is 0 Å². The Balaban J connectivity index is 1.68. The highest BCUT2D eigenvalue weighted by Crippen LogP contribution is 2.23. The molecule has 0 saturated carbocycles. The Morgan fingerprint density at radius 2 is 1.30 bits per heavy atom. The third-order valence-corrected chi connectivity index (χ3v) is 4.95. The summed E-state index contributed by atoms with van der Waals surface area (Å²) in [6, 6.07) is 29.7. The topological polar surface area (TPSA) is 9.23 Å². The molecule has 0 spiro atoms. The molecule has 0 N–H and O–H groups in total. The van der Waals surface area contributed by atoms with Crippen LogP contribution in [-0.2, 0) is 11.0 Å². The Morgan fingerprint density at radius 1 is 0.652 bits per heavy atom. The van der Waals surface area contributed by atoms with Crippen molar-refractivity contribution in [2.24, 2.45) is 0 Å². The van der Waals surface area contributed by atoms with Crippen LogP contribution in [-0.4, -0.2) is 9.76 Å². The molecular weight excluding hydrogens is 296 g/mol.